The molecule has 1 fully saturated rings. The molecule has 2 amide bonds. The van der Waals surface area contributed by atoms with Crippen LogP contribution in [0.5, 0.6) is 0 Å². The highest BCUT2D eigenvalue weighted by atomic mass is 16.5. The van der Waals surface area contributed by atoms with Crippen molar-refractivity contribution in [3.63, 3.8) is 0 Å². The number of hydrogen-bond donors (Lipinski definition) is 1. The van der Waals surface area contributed by atoms with Gasteiger partial charge in [0.2, 0.25) is 11.8 Å². The smallest absolute Gasteiger partial charge is 0.239 e. The van der Waals surface area contributed by atoms with E-state index in [2.05, 4.69) is 10.2 Å². The average molecular weight is 285 g/mol. The van der Waals surface area contributed by atoms with E-state index < -0.39 is 0 Å². The lowest BCUT2D eigenvalue weighted by Crippen LogP contribution is -2.42. The van der Waals surface area contributed by atoms with Crippen molar-refractivity contribution in [2.24, 2.45) is 0 Å². The van der Waals surface area contributed by atoms with Gasteiger partial charge < -0.3 is 19.9 Å². The van der Waals surface area contributed by atoms with Crippen LogP contribution in [-0.2, 0) is 14.3 Å². The Morgan fingerprint density at radius 3 is 2.60 bits per heavy atom. The van der Waals surface area contributed by atoms with Gasteiger partial charge in [0.1, 0.15) is 0 Å². The maximum absolute atomic E-state index is 11.8. The zero-order chi connectivity index (χ0) is 15.0. The molecule has 1 N–H and O–H groups in total. The minimum Gasteiger partial charge on any atom is -0.376 e. The van der Waals surface area contributed by atoms with Crippen molar-refractivity contribution in [2.75, 3.05) is 46.9 Å². The van der Waals surface area contributed by atoms with Crippen molar-refractivity contribution >= 4 is 11.8 Å². The second kappa shape index (κ2) is 8.92. The van der Waals surface area contributed by atoms with Gasteiger partial charge in [-0.1, -0.05) is 0 Å². The van der Waals surface area contributed by atoms with Crippen LogP contribution in [0.1, 0.15) is 26.2 Å². The summed E-state index contributed by atoms with van der Waals surface area (Å²) >= 11 is 0. The average Bonchev–Trinajstić information content (AvgIpc) is 2.87. The highest BCUT2D eigenvalue weighted by Crippen LogP contribution is 2.10. The molecule has 1 rings (SSSR count). The van der Waals surface area contributed by atoms with Crippen LogP contribution in [0.4, 0.5) is 0 Å². The summed E-state index contributed by atoms with van der Waals surface area (Å²) in [6.07, 6.45) is 3.06. The zero-order valence-electron chi connectivity index (χ0n) is 12.9. The van der Waals surface area contributed by atoms with Crippen molar-refractivity contribution < 1.29 is 14.3 Å². The van der Waals surface area contributed by atoms with Crippen LogP contribution in [0.2, 0.25) is 0 Å². The molecule has 0 spiro atoms. The molecule has 20 heavy (non-hydrogen) atoms. The van der Waals surface area contributed by atoms with Gasteiger partial charge in [0, 0.05) is 26.6 Å². The summed E-state index contributed by atoms with van der Waals surface area (Å²) in [5.74, 6) is -0.170. The first-order chi connectivity index (χ1) is 9.49. The number of carbonyl (C=O) groups is 2. The lowest BCUT2D eigenvalue weighted by molar-refractivity contribution is -0.134. The van der Waals surface area contributed by atoms with E-state index in [1.54, 1.807) is 4.90 Å². The fourth-order valence-electron chi connectivity index (χ4n) is 2.19. The lowest BCUT2D eigenvalue weighted by Gasteiger charge is -2.22. The molecule has 1 unspecified atom stereocenters. The Balaban J connectivity index is 2.24. The molecule has 0 bridgehead atoms. The molecule has 0 aromatic carbocycles. The van der Waals surface area contributed by atoms with Crippen LogP contribution >= 0.6 is 0 Å². The molecule has 0 aliphatic carbocycles. The Hall–Kier alpha value is -1.14. The van der Waals surface area contributed by atoms with E-state index in [-0.39, 0.29) is 24.5 Å². The summed E-state index contributed by atoms with van der Waals surface area (Å²) in [5, 5.41) is 2.84. The van der Waals surface area contributed by atoms with Gasteiger partial charge in [-0.25, -0.2) is 0 Å². The molecule has 6 heteroatoms. The second-order valence-electron chi connectivity index (χ2n) is 5.54. The normalized spacial score (nSPS) is 18.3. The molecule has 0 radical (unpaired) electrons. The molecule has 1 aliphatic rings. The Bertz CT molecular complexity index is 315. The second-order valence-corrected chi connectivity index (χ2v) is 5.54. The minimum absolute atomic E-state index is 0.0592. The zero-order valence-corrected chi connectivity index (χ0v) is 12.9. The van der Waals surface area contributed by atoms with E-state index in [1.807, 2.05) is 14.1 Å². The third-order valence-electron chi connectivity index (χ3n) is 3.36. The van der Waals surface area contributed by atoms with Gasteiger partial charge in [-0.3, -0.25) is 9.59 Å². The van der Waals surface area contributed by atoms with Crippen LogP contribution in [0.3, 0.4) is 0 Å². The summed E-state index contributed by atoms with van der Waals surface area (Å²) in [5.41, 5.74) is 0. The van der Waals surface area contributed by atoms with Crippen molar-refractivity contribution in [1.29, 1.82) is 0 Å². The molecule has 0 aromatic heterocycles. The molecule has 1 aliphatic heterocycles. The van der Waals surface area contributed by atoms with Gasteiger partial charge in [-0.2, -0.15) is 0 Å². The molecule has 0 aromatic rings. The van der Waals surface area contributed by atoms with Crippen molar-refractivity contribution in [3.05, 3.63) is 0 Å². The van der Waals surface area contributed by atoms with Crippen molar-refractivity contribution in [2.45, 2.75) is 32.3 Å². The maximum atomic E-state index is 11.8. The van der Waals surface area contributed by atoms with Crippen molar-refractivity contribution in [1.82, 2.24) is 15.1 Å². The first-order valence-corrected chi connectivity index (χ1v) is 7.27. The van der Waals surface area contributed by atoms with Gasteiger partial charge in [-0.05, 0) is 39.9 Å². The van der Waals surface area contributed by atoms with E-state index in [9.17, 15) is 9.59 Å². The third-order valence-corrected chi connectivity index (χ3v) is 3.36. The van der Waals surface area contributed by atoms with E-state index in [4.69, 9.17) is 4.74 Å². The Morgan fingerprint density at radius 1 is 1.30 bits per heavy atom. The van der Waals surface area contributed by atoms with Gasteiger partial charge >= 0.3 is 0 Å². The number of nitrogens with one attached hydrogen (secondary N) is 1. The number of amides is 2. The quantitative estimate of drug-likeness (QED) is 0.686. The molecular weight excluding hydrogens is 258 g/mol. The highest BCUT2D eigenvalue weighted by molar-refractivity contribution is 5.83. The predicted molar refractivity (Wildman–Crippen MR) is 77.4 cm³/mol. The standard InChI is InChI=1S/C14H27N3O3/c1-12(18)17(8-5-7-16(2)3)11-14(19)15-10-13-6-4-9-20-13/h13H,4-11H2,1-3H3,(H,15,19). The first-order valence-electron chi connectivity index (χ1n) is 7.27. The van der Waals surface area contributed by atoms with Gasteiger partial charge in [0.05, 0.1) is 12.6 Å². The predicted octanol–water partition coefficient (Wildman–Crippen LogP) is 0.0818. The van der Waals surface area contributed by atoms with Crippen LogP contribution in [0, 0.1) is 0 Å². The summed E-state index contributed by atoms with van der Waals surface area (Å²) in [7, 11) is 3.98. The van der Waals surface area contributed by atoms with Crippen LogP contribution in [0.15, 0.2) is 0 Å². The van der Waals surface area contributed by atoms with Crippen LogP contribution in [-0.4, -0.2) is 74.6 Å². The molecule has 116 valence electrons. The number of rotatable bonds is 8. The largest absolute Gasteiger partial charge is 0.376 e. The monoisotopic (exact) mass is 285 g/mol. The van der Waals surface area contributed by atoms with Gasteiger partial charge in [0.25, 0.3) is 0 Å². The molecule has 1 atom stereocenters. The number of carbonyl (C=O) groups excluding carboxylic acids is 2. The van der Waals surface area contributed by atoms with E-state index >= 15 is 0 Å². The van der Waals surface area contributed by atoms with Gasteiger partial charge in [0.15, 0.2) is 0 Å². The van der Waals surface area contributed by atoms with Gasteiger partial charge in [-0.15, -0.1) is 0 Å². The number of nitrogens with zero attached hydrogens (tertiary/aromatic N) is 2. The Kier molecular flexibility index (Phi) is 7.54. The molecular formula is C14H27N3O3. The fourth-order valence-corrected chi connectivity index (χ4v) is 2.19. The molecule has 6 nitrogen and oxygen atoms in total. The minimum atomic E-state index is -0.111. The highest BCUT2D eigenvalue weighted by Gasteiger charge is 2.18. The Labute approximate surface area is 121 Å². The maximum Gasteiger partial charge on any atom is 0.239 e. The lowest BCUT2D eigenvalue weighted by atomic mass is 10.2. The fraction of sp³-hybridized carbons (Fsp3) is 0.857. The number of ether oxygens (including phenoxy) is 1. The summed E-state index contributed by atoms with van der Waals surface area (Å²) in [6, 6.07) is 0. The van der Waals surface area contributed by atoms with Crippen LogP contribution in [0.25, 0.3) is 0 Å². The summed E-state index contributed by atoms with van der Waals surface area (Å²) in [4.78, 5) is 27.0. The van der Waals surface area contributed by atoms with Crippen molar-refractivity contribution in [3.8, 4) is 0 Å². The molecule has 1 saturated heterocycles. The van der Waals surface area contributed by atoms with Crippen LogP contribution < -0.4 is 5.32 Å². The summed E-state index contributed by atoms with van der Waals surface area (Å²) in [6.45, 7) is 4.48. The third kappa shape index (κ3) is 6.86. The SMILES string of the molecule is CC(=O)N(CCCN(C)C)CC(=O)NCC1CCCO1. The van der Waals surface area contributed by atoms with E-state index in [1.165, 1.54) is 6.92 Å². The van der Waals surface area contributed by atoms with E-state index in [0.717, 1.165) is 32.4 Å². The topological polar surface area (TPSA) is 61.9 Å². The summed E-state index contributed by atoms with van der Waals surface area (Å²) < 4.78 is 5.45. The molecule has 0 saturated carbocycles. The Morgan fingerprint density at radius 2 is 2.05 bits per heavy atom. The molecule has 1 heterocycles. The number of hydrogen-bond acceptors (Lipinski definition) is 4. The first kappa shape index (κ1) is 16.9. The van der Waals surface area contributed by atoms with E-state index in [0.29, 0.717) is 13.1 Å².